The van der Waals surface area contributed by atoms with Crippen molar-refractivity contribution in [1.82, 2.24) is 9.80 Å². The highest BCUT2D eigenvalue weighted by molar-refractivity contribution is 5.77. The quantitative estimate of drug-likeness (QED) is 0.203. The van der Waals surface area contributed by atoms with Gasteiger partial charge >= 0.3 is 0 Å². The highest BCUT2D eigenvalue weighted by Crippen LogP contribution is 2.30. The minimum absolute atomic E-state index is 0.00959. The normalized spacial score (nSPS) is 11.8. The Morgan fingerprint density at radius 1 is 0.821 bits per heavy atom. The van der Waals surface area contributed by atoms with Crippen LogP contribution in [0.1, 0.15) is 50.3 Å². The molecule has 1 amide bonds. The van der Waals surface area contributed by atoms with Gasteiger partial charge in [-0.1, -0.05) is 80.6 Å². The van der Waals surface area contributed by atoms with Crippen molar-refractivity contribution in [3.8, 4) is 11.5 Å². The SMILES string of the molecule is CCN(CC)CCCC(C)N(Cc1ccc(OCc2ccccc2)c(OC)c1)C(=O)COCc1ccccc1. The molecule has 39 heavy (non-hydrogen) atoms. The second-order valence-electron chi connectivity index (χ2n) is 9.78. The first-order valence-corrected chi connectivity index (χ1v) is 14.0. The molecule has 1 atom stereocenters. The van der Waals surface area contributed by atoms with E-state index in [0.29, 0.717) is 31.3 Å². The summed E-state index contributed by atoms with van der Waals surface area (Å²) in [6.45, 7) is 11.0. The van der Waals surface area contributed by atoms with Gasteiger partial charge in [-0.25, -0.2) is 0 Å². The summed E-state index contributed by atoms with van der Waals surface area (Å²) in [6, 6.07) is 26.0. The van der Waals surface area contributed by atoms with Gasteiger partial charge in [0.1, 0.15) is 13.2 Å². The van der Waals surface area contributed by atoms with Crippen LogP contribution in [-0.2, 0) is 29.3 Å². The summed E-state index contributed by atoms with van der Waals surface area (Å²) < 4.78 is 17.5. The van der Waals surface area contributed by atoms with Crippen molar-refractivity contribution in [2.45, 2.75) is 59.4 Å². The van der Waals surface area contributed by atoms with E-state index < -0.39 is 0 Å². The lowest BCUT2D eigenvalue weighted by Gasteiger charge is -2.30. The third kappa shape index (κ3) is 10.0. The van der Waals surface area contributed by atoms with Crippen LogP contribution in [-0.4, -0.2) is 55.1 Å². The third-order valence-electron chi connectivity index (χ3n) is 7.00. The molecule has 0 aliphatic heterocycles. The number of carbonyl (C=O) groups is 1. The second kappa shape index (κ2) is 16.6. The van der Waals surface area contributed by atoms with Gasteiger partial charge in [0.2, 0.25) is 5.91 Å². The number of ether oxygens (including phenoxy) is 3. The number of amides is 1. The van der Waals surface area contributed by atoms with Gasteiger partial charge in [-0.2, -0.15) is 0 Å². The van der Waals surface area contributed by atoms with E-state index in [0.717, 1.165) is 49.2 Å². The first kappa shape index (κ1) is 30.2. The van der Waals surface area contributed by atoms with Crippen molar-refractivity contribution < 1.29 is 19.0 Å². The molecular formula is C33H44N2O4. The number of methoxy groups -OCH3 is 1. The zero-order chi connectivity index (χ0) is 27.9. The number of benzene rings is 3. The minimum Gasteiger partial charge on any atom is -0.493 e. The lowest BCUT2D eigenvalue weighted by molar-refractivity contribution is -0.139. The van der Waals surface area contributed by atoms with Crippen molar-refractivity contribution in [2.24, 2.45) is 0 Å². The molecule has 0 aliphatic carbocycles. The van der Waals surface area contributed by atoms with Gasteiger partial charge in [-0.3, -0.25) is 4.79 Å². The molecule has 6 nitrogen and oxygen atoms in total. The minimum atomic E-state index is -0.00959. The fraction of sp³-hybridized carbons (Fsp3) is 0.424. The molecule has 0 heterocycles. The van der Waals surface area contributed by atoms with Gasteiger partial charge in [-0.15, -0.1) is 0 Å². The van der Waals surface area contributed by atoms with Crippen LogP contribution in [0.5, 0.6) is 11.5 Å². The molecule has 0 aromatic heterocycles. The van der Waals surface area contributed by atoms with Gasteiger partial charge in [-0.05, 0) is 68.2 Å². The van der Waals surface area contributed by atoms with Gasteiger partial charge in [0.25, 0.3) is 0 Å². The van der Waals surface area contributed by atoms with Crippen molar-refractivity contribution in [3.63, 3.8) is 0 Å². The second-order valence-corrected chi connectivity index (χ2v) is 9.78. The van der Waals surface area contributed by atoms with E-state index in [1.54, 1.807) is 7.11 Å². The number of hydrogen-bond donors (Lipinski definition) is 0. The van der Waals surface area contributed by atoms with Gasteiger partial charge in [0, 0.05) is 12.6 Å². The maximum Gasteiger partial charge on any atom is 0.249 e. The Hall–Kier alpha value is -3.35. The van der Waals surface area contributed by atoms with Crippen LogP contribution in [0.3, 0.4) is 0 Å². The van der Waals surface area contributed by atoms with E-state index in [-0.39, 0.29) is 18.6 Å². The molecule has 6 heteroatoms. The van der Waals surface area contributed by atoms with Crippen molar-refractivity contribution in [3.05, 3.63) is 95.6 Å². The molecule has 0 aliphatic rings. The lowest BCUT2D eigenvalue weighted by Crippen LogP contribution is -2.40. The van der Waals surface area contributed by atoms with Crippen LogP contribution in [0, 0.1) is 0 Å². The number of nitrogens with zero attached hydrogens (tertiary/aromatic N) is 2. The topological polar surface area (TPSA) is 51.2 Å². The summed E-state index contributed by atoms with van der Waals surface area (Å²) in [5.41, 5.74) is 3.14. The summed E-state index contributed by atoms with van der Waals surface area (Å²) in [6.07, 6.45) is 1.96. The molecule has 3 rings (SSSR count). The Morgan fingerprint density at radius 3 is 2.08 bits per heavy atom. The average molecular weight is 533 g/mol. The van der Waals surface area contributed by atoms with Gasteiger partial charge in [0.05, 0.1) is 13.7 Å². The van der Waals surface area contributed by atoms with Crippen LogP contribution in [0.25, 0.3) is 0 Å². The Bertz CT molecular complexity index is 1100. The number of hydrogen-bond acceptors (Lipinski definition) is 5. The first-order valence-electron chi connectivity index (χ1n) is 14.0. The predicted octanol–water partition coefficient (Wildman–Crippen LogP) is 6.33. The molecule has 0 saturated heterocycles. The number of carbonyl (C=O) groups excluding carboxylic acids is 1. The summed E-state index contributed by atoms with van der Waals surface area (Å²) in [4.78, 5) is 17.8. The molecule has 0 radical (unpaired) electrons. The molecule has 0 N–H and O–H groups in total. The van der Waals surface area contributed by atoms with Crippen LogP contribution >= 0.6 is 0 Å². The predicted molar refractivity (Wildman–Crippen MR) is 157 cm³/mol. The molecule has 1 unspecified atom stereocenters. The summed E-state index contributed by atoms with van der Waals surface area (Å²) in [5.74, 6) is 1.33. The molecule has 0 bridgehead atoms. The standard InChI is InChI=1S/C33H44N2O4/c1-5-34(6-2)21-13-14-27(3)35(33(36)26-38-24-28-15-9-7-10-16-28)23-30-19-20-31(32(22-30)37-4)39-25-29-17-11-8-12-18-29/h7-12,15-20,22,27H,5-6,13-14,21,23-26H2,1-4H3. The van der Waals surface area contributed by atoms with E-state index in [1.807, 2.05) is 83.8 Å². The Balaban J connectivity index is 1.67. The molecular weight excluding hydrogens is 488 g/mol. The fourth-order valence-electron chi connectivity index (χ4n) is 4.57. The van der Waals surface area contributed by atoms with E-state index in [9.17, 15) is 4.79 Å². The smallest absolute Gasteiger partial charge is 0.249 e. The molecule has 0 saturated carbocycles. The van der Waals surface area contributed by atoms with Crippen LogP contribution in [0.4, 0.5) is 0 Å². The van der Waals surface area contributed by atoms with Crippen molar-refractivity contribution in [1.29, 1.82) is 0 Å². The Morgan fingerprint density at radius 2 is 1.46 bits per heavy atom. The molecule has 3 aromatic rings. The maximum atomic E-state index is 13.4. The number of rotatable bonds is 17. The summed E-state index contributed by atoms with van der Waals surface area (Å²) in [7, 11) is 1.64. The van der Waals surface area contributed by atoms with Crippen molar-refractivity contribution in [2.75, 3.05) is 33.4 Å². The van der Waals surface area contributed by atoms with E-state index in [4.69, 9.17) is 14.2 Å². The Labute approximate surface area is 234 Å². The zero-order valence-electron chi connectivity index (χ0n) is 24.0. The monoisotopic (exact) mass is 532 g/mol. The highest BCUT2D eigenvalue weighted by atomic mass is 16.5. The van der Waals surface area contributed by atoms with E-state index in [2.05, 4.69) is 25.7 Å². The lowest BCUT2D eigenvalue weighted by atomic mass is 10.1. The highest BCUT2D eigenvalue weighted by Gasteiger charge is 2.21. The maximum absolute atomic E-state index is 13.4. The van der Waals surface area contributed by atoms with Crippen LogP contribution in [0.15, 0.2) is 78.9 Å². The molecule has 3 aromatic carbocycles. The van der Waals surface area contributed by atoms with Crippen LogP contribution in [0.2, 0.25) is 0 Å². The van der Waals surface area contributed by atoms with Gasteiger partial charge in [0.15, 0.2) is 11.5 Å². The first-order chi connectivity index (χ1) is 19.0. The summed E-state index contributed by atoms with van der Waals surface area (Å²) in [5, 5.41) is 0. The largest absolute Gasteiger partial charge is 0.493 e. The van der Waals surface area contributed by atoms with E-state index >= 15 is 0 Å². The fourth-order valence-corrected chi connectivity index (χ4v) is 4.57. The Kier molecular flexibility index (Phi) is 12.8. The zero-order valence-corrected chi connectivity index (χ0v) is 24.0. The third-order valence-corrected chi connectivity index (χ3v) is 7.00. The average Bonchev–Trinajstić information content (AvgIpc) is 2.98. The molecule has 0 fully saturated rings. The summed E-state index contributed by atoms with van der Waals surface area (Å²) >= 11 is 0. The van der Waals surface area contributed by atoms with E-state index in [1.165, 1.54) is 0 Å². The van der Waals surface area contributed by atoms with Crippen LogP contribution < -0.4 is 9.47 Å². The molecule has 210 valence electrons. The van der Waals surface area contributed by atoms with Gasteiger partial charge < -0.3 is 24.0 Å². The van der Waals surface area contributed by atoms with Crippen molar-refractivity contribution >= 4 is 5.91 Å². The molecule has 0 spiro atoms.